The zero-order valence-corrected chi connectivity index (χ0v) is 15.3. The quantitative estimate of drug-likeness (QED) is 0.401. The number of rotatable bonds is 6. The summed E-state index contributed by atoms with van der Waals surface area (Å²) in [6.45, 7) is 22.7. The van der Waals surface area contributed by atoms with Gasteiger partial charge in [-0.2, -0.15) is 0 Å². The summed E-state index contributed by atoms with van der Waals surface area (Å²) in [5, 5.41) is 0. The Balaban J connectivity index is -0.000000127. The van der Waals surface area contributed by atoms with E-state index in [0.29, 0.717) is 10.3 Å². The molecule has 9 nitrogen and oxygen atoms in total. The van der Waals surface area contributed by atoms with E-state index in [0.717, 1.165) is 11.3 Å². The monoisotopic (exact) mass is 402 g/mol. The van der Waals surface area contributed by atoms with Crippen molar-refractivity contribution in [2.75, 3.05) is 28.1 Å². The van der Waals surface area contributed by atoms with Gasteiger partial charge < -0.3 is 0 Å². The number of hydrogen-bond donors (Lipinski definition) is 0. The van der Waals surface area contributed by atoms with E-state index in [1.165, 1.54) is 0 Å². The molecule has 0 saturated heterocycles. The second kappa shape index (κ2) is 34.2. The van der Waals surface area contributed by atoms with Crippen LogP contribution in [0.1, 0.15) is 5.56 Å². The molecule has 26 heavy (non-hydrogen) atoms. The molecule has 0 spiro atoms. The second-order valence-electron chi connectivity index (χ2n) is 2.90. The van der Waals surface area contributed by atoms with Crippen LogP contribution in [-0.4, -0.2) is 32.7 Å². The van der Waals surface area contributed by atoms with Gasteiger partial charge in [0.15, 0.2) is 0 Å². The molecule has 0 fully saturated rings. The van der Waals surface area contributed by atoms with E-state index in [9.17, 15) is 0 Å². The second-order valence-corrected chi connectivity index (χ2v) is 3.48. The molecular weight excluding hydrogens is 388 g/mol. The van der Waals surface area contributed by atoms with E-state index >= 15 is 0 Å². The SMILES string of the molecule is COCOc1ccc(OC)c([C](=[Cr])OC)c1.[C-]#[O+].[C-]#[O+].[C-]#[O+].[C-]#[O+].[C-]#[O+]. The third-order valence-electron chi connectivity index (χ3n) is 1.92. The van der Waals surface area contributed by atoms with Crippen molar-refractivity contribution in [1.82, 2.24) is 0 Å². The molecule has 0 aromatic heterocycles. The van der Waals surface area contributed by atoms with Crippen LogP contribution in [0.3, 0.4) is 0 Å². The fourth-order valence-corrected chi connectivity index (χ4v) is 1.42. The van der Waals surface area contributed by atoms with Crippen LogP contribution in [-0.2, 0) is 48.6 Å². The summed E-state index contributed by atoms with van der Waals surface area (Å²) >= 11 is 2.83. The summed E-state index contributed by atoms with van der Waals surface area (Å²) in [7, 11) is 4.77. The summed E-state index contributed by atoms with van der Waals surface area (Å²) < 4.78 is 58.7. The van der Waals surface area contributed by atoms with Crippen LogP contribution in [0, 0.1) is 33.3 Å². The molecule has 0 heterocycles. The molecule has 0 atom stereocenters. The van der Waals surface area contributed by atoms with E-state index in [1.807, 2.05) is 18.2 Å². The van der Waals surface area contributed by atoms with E-state index in [-0.39, 0.29) is 6.79 Å². The minimum absolute atomic E-state index is 0.210. The van der Waals surface area contributed by atoms with Gasteiger partial charge in [-0.1, -0.05) is 0 Å². The molecule has 0 aliphatic rings. The molecule has 0 radical (unpaired) electrons. The molecule has 0 unspecified atom stereocenters. The minimum atomic E-state index is 0.210. The zero-order chi connectivity index (χ0) is 22.0. The van der Waals surface area contributed by atoms with Crippen LogP contribution in [0.5, 0.6) is 11.5 Å². The molecule has 0 bridgehead atoms. The van der Waals surface area contributed by atoms with Crippen molar-refractivity contribution in [3.05, 3.63) is 57.0 Å². The molecule has 0 aliphatic heterocycles. The van der Waals surface area contributed by atoms with Crippen LogP contribution in [0.25, 0.3) is 0 Å². The first-order chi connectivity index (χ1) is 12.7. The van der Waals surface area contributed by atoms with E-state index < -0.39 is 0 Å². The first-order valence-electron chi connectivity index (χ1n) is 5.63. The third kappa shape index (κ3) is 18.2. The predicted molar refractivity (Wildman–Crippen MR) is 76.3 cm³/mol. The Morgan fingerprint density at radius 1 is 0.885 bits per heavy atom. The van der Waals surface area contributed by atoms with E-state index in [4.69, 9.17) is 42.2 Å². The summed E-state index contributed by atoms with van der Waals surface area (Å²) in [6.07, 6.45) is 0. The third-order valence-corrected chi connectivity index (χ3v) is 2.52. The first kappa shape index (κ1) is 35.0. The van der Waals surface area contributed by atoms with Gasteiger partial charge in [0.1, 0.15) is 0 Å². The Morgan fingerprint density at radius 3 is 1.69 bits per heavy atom. The van der Waals surface area contributed by atoms with Gasteiger partial charge in [-0.25, -0.2) is 0 Å². The van der Waals surface area contributed by atoms with Crippen molar-refractivity contribution < 1.29 is 58.1 Å². The summed E-state index contributed by atoms with van der Waals surface area (Å²) in [5.41, 5.74) is 0.818. The van der Waals surface area contributed by atoms with Crippen LogP contribution in [0.2, 0.25) is 0 Å². The molecule has 138 valence electrons. The normalized spacial score (nSPS) is 6.50. The molecule has 0 amide bonds. The number of benzene rings is 1. The Bertz CT molecular complexity index is 524. The van der Waals surface area contributed by atoms with Crippen LogP contribution in [0.15, 0.2) is 18.2 Å². The van der Waals surface area contributed by atoms with Crippen molar-refractivity contribution in [3.63, 3.8) is 0 Å². The average molecular weight is 402 g/mol. The first-order valence-corrected chi connectivity index (χ1v) is 6.26. The molecule has 1 aromatic rings. The number of hydrogen-bond acceptors (Lipinski definition) is 4. The zero-order valence-electron chi connectivity index (χ0n) is 14.0. The van der Waals surface area contributed by atoms with Crippen LogP contribution < -0.4 is 9.47 Å². The fraction of sp³-hybridized carbons (Fsp3) is 0.250. The predicted octanol–water partition coefficient (Wildman–Crippen LogP) is 1.16. The van der Waals surface area contributed by atoms with Gasteiger partial charge in [0.05, 0.1) is 0 Å². The van der Waals surface area contributed by atoms with E-state index in [1.54, 1.807) is 21.3 Å². The van der Waals surface area contributed by atoms with Crippen molar-refractivity contribution in [2.24, 2.45) is 0 Å². The Hall–Kier alpha value is -2.16. The fourth-order valence-electron chi connectivity index (χ4n) is 1.17. The van der Waals surface area contributed by atoms with Crippen molar-refractivity contribution in [1.29, 1.82) is 0 Å². The van der Waals surface area contributed by atoms with Gasteiger partial charge in [-0.3, -0.25) is 0 Å². The maximum absolute atomic E-state index is 7.50. The van der Waals surface area contributed by atoms with Gasteiger partial charge in [-0.15, -0.1) is 0 Å². The van der Waals surface area contributed by atoms with Crippen LogP contribution in [0.4, 0.5) is 0 Å². The molecule has 1 aromatic carbocycles. The van der Waals surface area contributed by atoms with Gasteiger partial charge in [0.2, 0.25) is 0 Å². The maximum atomic E-state index is 7.50. The molecule has 0 aliphatic carbocycles. The van der Waals surface area contributed by atoms with Crippen LogP contribution >= 0.6 is 0 Å². The summed E-state index contributed by atoms with van der Waals surface area (Å²) in [6, 6.07) is 5.45. The summed E-state index contributed by atoms with van der Waals surface area (Å²) in [5.74, 6) is 1.42. The van der Waals surface area contributed by atoms with Crippen molar-refractivity contribution in [2.45, 2.75) is 0 Å². The van der Waals surface area contributed by atoms with Gasteiger partial charge in [0.25, 0.3) is 0 Å². The molecule has 0 saturated carbocycles. The van der Waals surface area contributed by atoms with Gasteiger partial charge in [0, 0.05) is 0 Å². The van der Waals surface area contributed by atoms with Gasteiger partial charge >= 0.3 is 159 Å². The van der Waals surface area contributed by atoms with Gasteiger partial charge in [-0.05, 0) is 0 Å². The summed E-state index contributed by atoms with van der Waals surface area (Å²) in [4.78, 5) is 0. The Labute approximate surface area is 159 Å². The van der Waals surface area contributed by atoms with E-state index in [2.05, 4.69) is 49.1 Å². The average Bonchev–Trinajstić information content (AvgIpc) is 2.78. The van der Waals surface area contributed by atoms with Crippen molar-refractivity contribution >= 4 is 4.57 Å². The number of ether oxygens (including phenoxy) is 4. The molecule has 10 heteroatoms. The standard InChI is InChI=1S/C11H14O4.5CO.Cr/c1-12-7-9-6-10(15-8-13-2)4-5-11(9)14-3;5*1-2;/h4-6H,8H2,1-3H3;;;;;;. The Kier molecular flexibility index (Phi) is 46.1. The molecular formula is C16H14CrO9. The topological polar surface area (TPSA) is 136 Å². The number of methoxy groups -OCH3 is 3. The molecule has 1 rings (SSSR count). The Morgan fingerprint density at radius 2 is 1.35 bits per heavy atom. The molecule has 0 N–H and O–H groups in total. The van der Waals surface area contributed by atoms with Crippen molar-refractivity contribution in [3.8, 4) is 11.5 Å².